The van der Waals surface area contributed by atoms with E-state index in [4.69, 9.17) is 15.2 Å². The van der Waals surface area contributed by atoms with Gasteiger partial charge in [0, 0.05) is 5.69 Å². The summed E-state index contributed by atoms with van der Waals surface area (Å²) in [4.78, 5) is 0. The Hall–Kier alpha value is -2.16. The van der Waals surface area contributed by atoms with Crippen LogP contribution in [0, 0.1) is 13.8 Å². The lowest BCUT2D eigenvalue weighted by Gasteiger charge is -2.10. The highest BCUT2D eigenvalue weighted by atomic mass is 16.5. The molecule has 19 heavy (non-hydrogen) atoms. The second-order valence-corrected chi connectivity index (χ2v) is 4.53. The Labute approximate surface area is 114 Å². The summed E-state index contributed by atoms with van der Waals surface area (Å²) < 4.78 is 11.3. The zero-order valence-corrected chi connectivity index (χ0v) is 11.3. The van der Waals surface area contributed by atoms with E-state index in [-0.39, 0.29) is 0 Å². The third-order valence-electron chi connectivity index (χ3n) is 2.83. The van der Waals surface area contributed by atoms with Crippen LogP contribution < -0.4 is 15.2 Å². The van der Waals surface area contributed by atoms with Crippen molar-refractivity contribution in [2.75, 3.05) is 18.9 Å². The molecule has 0 aliphatic carbocycles. The molecule has 0 saturated carbocycles. The molecule has 0 saturated heterocycles. The van der Waals surface area contributed by atoms with Crippen molar-refractivity contribution in [1.29, 1.82) is 0 Å². The van der Waals surface area contributed by atoms with Gasteiger partial charge in [0.25, 0.3) is 0 Å². The SMILES string of the molecule is Cc1ccc(OCCOc2ccc(N)cc2C)cc1. The number of hydrogen-bond acceptors (Lipinski definition) is 3. The zero-order valence-electron chi connectivity index (χ0n) is 11.3. The highest BCUT2D eigenvalue weighted by Crippen LogP contribution is 2.20. The summed E-state index contributed by atoms with van der Waals surface area (Å²) in [6.45, 7) is 5.06. The Morgan fingerprint density at radius 3 is 2.26 bits per heavy atom. The van der Waals surface area contributed by atoms with E-state index < -0.39 is 0 Å². The number of ether oxygens (including phenoxy) is 2. The molecule has 0 aromatic heterocycles. The van der Waals surface area contributed by atoms with Gasteiger partial charge in [-0.1, -0.05) is 17.7 Å². The molecule has 2 aromatic rings. The largest absolute Gasteiger partial charge is 0.490 e. The molecular weight excluding hydrogens is 238 g/mol. The van der Waals surface area contributed by atoms with E-state index in [1.54, 1.807) is 0 Å². The first kappa shape index (κ1) is 13.3. The van der Waals surface area contributed by atoms with Gasteiger partial charge in [-0.3, -0.25) is 0 Å². The van der Waals surface area contributed by atoms with Crippen LogP contribution in [0.5, 0.6) is 11.5 Å². The molecule has 0 aliphatic rings. The number of aryl methyl sites for hydroxylation is 2. The van der Waals surface area contributed by atoms with E-state index in [1.807, 2.05) is 49.4 Å². The van der Waals surface area contributed by atoms with Gasteiger partial charge in [0.2, 0.25) is 0 Å². The van der Waals surface area contributed by atoms with Crippen LogP contribution in [0.3, 0.4) is 0 Å². The molecule has 0 atom stereocenters. The fourth-order valence-corrected chi connectivity index (χ4v) is 1.78. The summed E-state index contributed by atoms with van der Waals surface area (Å²) in [6, 6.07) is 13.6. The number of nitrogen functional groups attached to an aromatic ring is 1. The van der Waals surface area contributed by atoms with Crippen LogP contribution >= 0.6 is 0 Å². The van der Waals surface area contributed by atoms with Crippen molar-refractivity contribution < 1.29 is 9.47 Å². The standard InChI is InChI=1S/C16H19NO2/c1-12-3-6-15(7-4-12)18-9-10-19-16-8-5-14(17)11-13(16)2/h3-8,11H,9-10,17H2,1-2H3. The second kappa shape index (κ2) is 6.14. The number of rotatable bonds is 5. The van der Waals surface area contributed by atoms with E-state index in [2.05, 4.69) is 6.92 Å². The molecule has 0 unspecified atom stereocenters. The van der Waals surface area contributed by atoms with Crippen molar-refractivity contribution in [2.24, 2.45) is 0 Å². The third-order valence-corrected chi connectivity index (χ3v) is 2.83. The number of anilines is 1. The lowest BCUT2D eigenvalue weighted by molar-refractivity contribution is 0.216. The summed E-state index contributed by atoms with van der Waals surface area (Å²) in [5.74, 6) is 1.71. The van der Waals surface area contributed by atoms with Crippen LogP contribution in [0.25, 0.3) is 0 Å². The summed E-state index contributed by atoms with van der Waals surface area (Å²) in [6.07, 6.45) is 0. The van der Waals surface area contributed by atoms with Crippen molar-refractivity contribution >= 4 is 5.69 Å². The molecule has 100 valence electrons. The smallest absolute Gasteiger partial charge is 0.122 e. The Kier molecular flexibility index (Phi) is 4.29. The average molecular weight is 257 g/mol. The molecule has 0 fully saturated rings. The van der Waals surface area contributed by atoms with Crippen molar-refractivity contribution in [1.82, 2.24) is 0 Å². The quantitative estimate of drug-likeness (QED) is 0.660. The van der Waals surface area contributed by atoms with Crippen LogP contribution in [0.15, 0.2) is 42.5 Å². The number of benzene rings is 2. The Morgan fingerprint density at radius 2 is 1.58 bits per heavy atom. The van der Waals surface area contributed by atoms with Crippen LogP contribution in [-0.4, -0.2) is 13.2 Å². The van der Waals surface area contributed by atoms with Gasteiger partial charge in [0.1, 0.15) is 24.7 Å². The lowest BCUT2D eigenvalue weighted by Crippen LogP contribution is -2.09. The van der Waals surface area contributed by atoms with Gasteiger partial charge in [-0.15, -0.1) is 0 Å². The summed E-state index contributed by atoms with van der Waals surface area (Å²) in [5.41, 5.74) is 8.70. The number of nitrogens with two attached hydrogens (primary N) is 1. The van der Waals surface area contributed by atoms with E-state index in [1.165, 1.54) is 5.56 Å². The van der Waals surface area contributed by atoms with Crippen molar-refractivity contribution in [3.05, 3.63) is 53.6 Å². The molecule has 0 aliphatic heterocycles. The maximum atomic E-state index is 5.69. The molecule has 2 N–H and O–H groups in total. The molecule has 2 aromatic carbocycles. The molecular formula is C16H19NO2. The monoisotopic (exact) mass is 257 g/mol. The van der Waals surface area contributed by atoms with Gasteiger partial charge < -0.3 is 15.2 Å². The van der Waals surface area contributed by atoms with Crippen molar-refractivity contribution in [3.63, 3.8) is 0 Å². The van der Waals surface area contributed by atoms with E-state index in [0.29, 0.717) is 13.2 Å². The minimum absolute atomic E-state index is 0.513. The first-order valence-corrected chi connectivity index (χ1v) is 6.33. The third kappa shape index (κ3) is 3.91. The molecule has 0 spiro atoms. The molecule has 2 rings (SSSR count). The Balaban J connectivity index is 1.79. The van der Waals surface area contributed by atoms with E-state index in [9.17, 15) is 0 Å². The normalized spacial score (nSPS) is 10.2. The lowest BCUT2D eigenvalue weighted by atomic mass is 10.2. The van der Waals surface area contributed by atoms with Gasteiger partial charge in [0.15, 0.2) is 0 Å². The van der Waals surface area contributed by atoms with Crippen LogP contribution in [0.2, 0.25) is 0 Å². The first-order valence-electron chi connectivity index (χ1n) is 6.33. The topological polar surface area (TPSA) is 44.5 Å². The fourth-order valence-electron chi connectivity index (χ4n) is 1.78. The van der Waals surface area contributed by atoms with Crippen LogP contribution in [-0.2, 0) is 0 Å². The average Bonchev–Trinajstić information content (AvgIpc) is 2.39. The van der Waals surface area contributed by atoms with Gasteiger partial charge >= 0.3 is 0 Å². The summed E-state index contributed by atoms with van der Waals surface area (Å²) in [5, 5.41) is 0. The first-order chi connectivity index (χ1) is 9.15. The van der Waals surface area contributed by atoms with Gasteiger partial charge in [0.05, 0.1) is 0 Å². The van der Waals surface area contributed by atoms with Crippen LogP contribution in [0.1, 0.15) is 11.1 Å². The predicted octanol–water partition coefficient (Wildman–Crippen LogP) is 3.34. The molecule has 3 nitrogen and oxygen atoms in total. The highest BCUT2D eigenvalue weighted by Gasteiger charge is 2.00. The van der Waals surface area contributed by atoms with Crippen molar-refractivity contribution in [3.8, 4) is 11.5 Å². The molecule has 0 heterocycles. The van der Waals surface area contributed by atoms with E-state index >= 15 is 0 Å². The number of hydrogen-bond donors (Lipinski definition) is 1. The summed E-state index contributed by atoms with van der Waals surface area (Å²) in [7, 11) is 0. The van der Waals surface area contributed by atoms with Gasteiger partial charge in [-0.25, -0.2) is 0 Å². The molecule has 0 radical (unpaired) electrons. The Bertz CT molecular complexity index is 535. The maximum Gasteiger partial charge on any atom is 0.122 e. The minimum Gasteiger partial charge on any atom is -0.490 e. The van der Waals surface area contributed by atoms with Gasteiger partial charge in [-0.05, 0) is 49.7 Å². The van der Waals surface area contributed by atoms with Gasteiger partial charge in [-0.2, -0.15) is 0 Å². The second-order valence-electron chi connectivity index (χ2n) is 4.53. The highest BCUT2D eigenvalue weighted by molar-refractivity contribution is 5.47. The summed E-state index contributed by atoms with van der Waals surface area (Å²) >= 11 is 0. The fraction of sp³-hybridized carbons (Fsp3) is 0.250. The Morgan fingerprint density at radius 1 is 0.895 bits per heavy atom. The van der Waals surface area contributed by atoms with Crippen LogP contribution in [0.4, 0.5) is 5.69 Å². The van der Waals surface area contributed by atoms with Crippen molar-refractivity contribution in [2.45, 2.75) is 13.8 Å². The zero-order chi connectivity index (χ0) is 13.7. The molecule has 0 bridgehead atoms. The predicted molar refractivity (Wildman–Crippen MR) is 77.8 cm³/mol. The maximum absolute atomic E-state index is 5.69. The minimum atomic E-state index is 0.513. The molecule has 0 amide bonds. The molecule has 3 heteroatoms. The van der Waals surface area contributed by atoms with E-state index in [0.717, 1.165) is 22.7 Å².